The van der Waals surface area contributed by atoms with Crippen LogP contribution in [-0.4, -0.2) is 32.0 Å². The molecule has 0 saturated heterocycles. The lowest BCUT2D eigenvalue weighted by Crippen LogP contribution is -1.89. The number of hydrogen-bond acceptors (Lipinski definition) is 1. The summed E-state index contributed by atoms with van der Waals surface area (Å²) in [6.07, 6.45) is 0. The fourth-order valence-corrected chi connectivity index (χ4v) is 16.4. The molecule has 21 aromatic rings. The van der Waals surface area contributed by atoms with Crippen LogP contribution in [0.25, 0.3) is 167 Å². The van der Waals surface area contributed by atoms with Crippen molar-refractivity contribution in [1.29, 1.82) is 5.26 Å². The minimum Gasteiger partial charge on any atom is -0.345 e. The van der Waals surface area contributed by atoms with E-state index in [9.17, 15) is 0 Å². The lowest BCUT2D eigenvalue weighted by atomic mass is 10.1. The Labute approximate surface area is 659 Å². The number of aromatic nitrogens is 7. The van der Waals surface area contributed by atoms with Gasteiger partial charge in [-0.1, -0.05) is 193 Å². The number of aryl methyl sites for hydroxylation is 13. The molecule has 0 aliphatic carbocycles. The van der Waals surface area contributed by atoms with Crippen LogP contribution in [0.1, 0.15) is 46.4 Å². The minimum absolute atomic E-state index is 0. The van der Waals surface area contributed by atoms with Crippen LogP contribution in [0, 0.1) is 72.6 Å². The summed E-state index contributed by atoms with van der Waals surface area (Å²) in [7, 11) is 14.6. The predicted octanol–water partition coefficient (Wildman–Crippen LogP) is 27.3. The third-order valence-corrected chi connectivity index (χ3v) is 22.1. The molecule has 0 bridgehead atoms. The highest BCUT2D eigenvalue weighted by Crippen LogP contribution is 2.38. The molecule has 7 aromatic heterocycles. The number of hydrogen-bond donors (Lipinski definition) is 0. The van der Waals surface area contributed by atoms with Crippen molar-refractivity contribution in [2.24, 2.45) is 49.3 Å². The van der Waals surface area contributed by atoms with Crippen LogP contribution in [0.5, 0.6) is 0 Å². The molecule has 0 saturated carbocycles. The number of fused-ring (bicyclic) bond motifs is 21. The van der Waals surface area contributed by atoms with Gasteiger partial charge in [0.05, 0.1) is 30.8 Å². The summed E-state index contributed by atoms with van der Waals surface area (Å²) in [4.78, 5) is 10.6. The molecule has 11 nitrogen and oxygen atoms in total. The molecule has 0 amide bonds. The van der Waals surface area contributed by atoms with Crippen LogP contribution in [0.3, 0.4) is 0 Å². The summed E-state index contributed by atoms with van der Waals surface area (Å²) < 4.78 is 15.3. The van der Waals surface area contributed by atoms with Gasteiger partial charge >= 0.3 is 0 Å². The van der Waals surface area contributed by atoms with Crippen LogP contribution >= 0.6 is 0 Å². The van der Waals surface area contributed by atoms with E-state index in [1.165, 1.54) is 153 Å². The zero-order valence-corrected chi connectivity index (χ0v) is 65.5. The third-order valence-electron chi connectivity index (χ3n) is 22.1. The molecular weight excluding hydrogens is 1380 g/mol. The van der Waals surface area contributed by atoms with Gasteiger partial charge in [-0.2, -0.15) is 5.26 Å². The van der Waals surface area contributed by atoms with Crippen molar-refractivity contribution in [1.82, 2.24) is 32.0 Å². The standard InChI is InChI=1S/2C15H12N2.C15H15N.2C14H10N2.2C14H13N.CH4/c1-10-4-6-14-12(8-10)13-9-11(16-2)5-7-15(13)17(14)3;1-10-4-6-12-13-7-5-11(16-2)9-15(13)17(3)14(12)8-10;1-10-4-6-14-12(8-10)13-9-11(2)5-7-15(13)16(14)3;1-15-11-7-5-9-13-14(11)10-6-3-4-8-12(10)16(13)2;1-16-13-8-3-2-6-11(13)12-7-4-5-10(9-15)14(12)16;1-10-7-8-14-12(9-10)11-5-3-4-6-13(11)15(14)2;1-10-7-8-12-11-5-3-4-6-13(11)15(2)14(12)9-10;/h2*4-9H,1,3H3;4-9H,1-3H3;3-9H,2H3;2-8H,1H3;2*3-9H,1-2H3;1H4. The quantitative estimate of drug-likeness (QED) is 0.139. The van der Waals surface area contributed by atoms with Crippen molar-refractivity contribution in [3.63, 3.8) is 0 Å². The Morgan fingerprint density at radius 1 is 0.239 bits per heavy atom. The van der Waals surface area contributed by atoms with Gasteiger partial charge in [0.25, 0.3) is 0 Å². The van der Waals surface area contributed by atoms with Gasteiger partial charge in [0.15, 0.2) is 17.1 Å². The molecule has 0 spiro atoms. The largest absolute Gasteiger partial charge is 0.345 e. The Morgan fingerprint density at radius 3 is 0.982 bits per heavy atom. The van der Waals surface area contributed by atoms with Gasteiger partial charge in [-0.15, -0.1) is 0 Å². The van der Waals surface area contributed by atoms with Crippen LogP contribution in [0.15, 0.2) is 279 Å². The van der Waals surface area contributed by atoms with Gasteiger partial charge in [0.1, 0.15) is 6.07 Å². The van der Waals surface area contributed by atoms with Gasteiger partial charge in [-0.25, -0.2) is 14.5 Å². The molecule has 0 fully saturated rings. The van der Waals surface area contributed by atoms with Crippen molar-refractivity contribution >= 4 is 170 Å². The zero-order chi connectivity index (χ0) is 78.3. The predicted molar refractivity (Wildman–Crippen MR) is 482 cm³/mol. The number of nitriles is 1. The molecule has 0 aliphatic rings. The molecule has 0 unspecified atom stereocenters. The molecule has 14 aromatic carbocycles. The summed E-state index contributed by atoms with van der Waals surface area (Å²) in [5, 5.41) is 26.7. The highest BCUT2D eigenvalue weighted by atomic mass is 15.0. The van der Waals surface area contributed by atoms with E-state index in [2.05, 4.69) is 323 Å². The monoisotopic (exact) mass is 1470 g/mol. The van der Waals surface area contributed by atoms with E-state index < -0.39 is 0 Å². The Bertz CT molecular complexity index is 7410. The van der Waals surface area contributed by atoms with Gasteiger partial charge in [-0.3, -0.25) is 0 Å². The zero-order valence-electron chi connectivity index (χ0n) is 65.5. The first-order valence-corrected chi connectivity index (χ1v) is 37.5. The topological polar surface area (TPSA) is 71.4 Å². The van der Waals surface area contributed by atoms with Gasteiger partial charge in [0, 0.05) is 186 Å². The second-order valence-corrected chi connectivity index (χ2v) is 29.3. The van der Waals surface area contributed by atoms with E-state index in [0.717, 1.165) is 44.0 Å². The van der Waals surface area contributed by atoms with Gasteiger partial charge in [-0.05, 0) is 179 Å². The molecule has 7 heterocycles. The Kier molecular flexibility index (Phi) is 20.9. The number of benzene rings is 14. The number of para-hydroxylation sites is 5. The SMILES string of the molecule is C.Cc1ccc2c(c1)c1cc(C)ccc1n2C.Cc1ccc2c(c1)c1ccccc1n2C.Cc1ccc2c3ccccc3n(C)c2c1.Cn1c2ccccc2c2cccc(C#N)c21.[C-]#[N+]c1ccc2c(c1)c1cc(C)ccc1n2C.[C-]#[N+]c1ccc2c3ccc(C)cc3n(C)c2c1.[C-]#[N+]c1cccc2c1c1ccccc1n2C. The Morgan fingerprint density at radius 2 is 0.522 bits per heavy atom. The fraction of sp³-hybridized carbons (Fsp3) is 0.137. The smallest absolute Gasteiger partial charge is 0.197 e. The molecule has 0 aliphatic heterocycles. The van der Waals surface area contributed by atoms with E-state index in [0.29, 0.717) is 11.4 Å². The van der Waals surface area contributed by atoms with Crippen molar-refractivity contribution < 1.29 is 0 Å². The van der Waals surface area contributed by atoms with Crippen molar-refractivity contribution in [2.45, 2.75) is 49.0 Å². The second-order valence-electron chi connectivity index (χ2n) is 29.3. The highest BCUT2D eigenvalue weighted by Gasteiger charge is 2.16. The molecule has 21 rings (SSSR count). The van der Waals surface area contributed by atoms with Crippen molar-refractivity contribution in [3.05, 3.63) is 352 Å². The Hall–Kier alpha value is -14.4. The third kappa shape index (κ3) is 13.9. The minimum atomic E-state index is 0. The van der Waals surface area contributed by atoms with Crippen molar-refractivity contribution in [3.8, 4) is 6.07 Å². The summed E-state index contributed by atoms with van der Waals surface area (Å²) in [6, 6.07) is 98.8. The van der Waals surface area contributed by atoms with E-state index >= 15 is 0 Å². The average molecular weight is 1470 g/mol. The van der Waals surface area contributed by atoms with E-state index in [-0.39, 0.29) is 7.43 Å². The first-order chi connectivity index (χ1) is 54.3. The molecule has 11 heteroatoms. The van der Waals surface area contributed by atoms with E-state index in [1.54, 1.807) is 0 Å². The maximum Gasteiger partial charge on any atom is 0.197 e. The van der Waals surface area contributed by atoms with Gasteiger partial charge in [0.2, 0.25) is 0 Å². The maximum atomic E-state index is 9.12. The first-order valence-electron chi connectivity index (χ1n) is 37.5. The number of nitrogens with zero attached hydrogens (tertiary/aromatic N) is 11. The van der Waals surface area contributed by atoms with Crippen molar-refractivity contribution in [2.75, 3.05) is 0 Å². The van der Waals surface area contributed by atoms with Crippen LogP contribution in [0.4, 0.5) is 17.1 Å². The number of rotatable bonds is 0. The molecule has 552 valence electrons. The normalized spacial score (nSPS) is 10.9. The van der Waals surface area contributed by atoms with Gasteiger partial charge < -0.3 is 32.0 Å². The lowest BCUT2D eigenvalue weighted by molar-refractivity contribution is 1.01. The van der Waals surface area contributed by atoms with Crippen LogP contribution < -0.4 is 0 Å². The fourth-order valence-electron chi connectivity index (χ4n) is 16.4. The highest BCUT2D eigenvalue weighted by molar-refractivity contribution is 6.16. The Balaban J connectivity index is 0.000000109. The van der Waals surface area contributed by atoms with E-state index in [1.807, 2.05) is 99.0 Å². The lowest BCUT2D eigenvalue weighted by Gasteiger charge is -1.98. The van der Waals surface area contributed by atoms with Crippen LogP contribution in [0.2, 0.25) is 0 Å². The maximum absolute atomic E-state index is 9.12. The molecule has 0 atom stereocenters. The summed E-state index contributed by atoms with van der Waals surface area (Å²) in [6.45, 7) is 34.2. The van der Waals surface area contributed by atoms with E-state index in [4.69, 9.17) is 25.0 Å². The molecule has 113 heavy (non-hydrogen) atoms. The molecule has 0 N–H and O–H groups in total. The molecule has 0 radical (unpaired) electrons. The van der Waals surface area contributed by atoms with Crippen LogP contribution in [-0.2, 0) is 49.3 Å². The average Bonchev–Trinajstić information content (AvgIpc) is 1.64. The summed E-state index contributed by atoms with van der Waals surface area (Å²) in [5.41, 5.74) is 27.7. The summed E-state index contributed by atoms with van der Waals surface area (Å²) in [5.74, 6) is 0. The summed E-state index contributed by atoms with van der Waals surface area (Å²) >= 11 is 0. The molecular formula is C102H89N11. The second kappa shape index (κ2) is 31.3. The first kappa shape index (κ1) is 75.5.